The van der Waals surface area contributed by atoms with Gasteiger partial charge in [0.2, 0.25) is 5.91 Å². The van der Waals surface area contributed by atoms with Crippen LogP contribution in [0.25, 0.3) is 0 Å². The van der Waals surface area contributed by atoms with Crippen molar-refractivity contribution in [3.8, 4) is 0 Å². The van der Waals surface area contributed by atoms with E-state index in [2.05, 4.69) is 5.32 Å². The average Bonchev–Trinajstić information content (AvgIpc) is 2.77. The lowest BCUT2D eigenvalue weighted by atomic mass is 9.97. The van der Waals surface area contributed by atoms with Crippen LogP contribution in [0.4, 0.5) is 0 Å². The molecule has 1 unspecified atom stereocenters. The summed E-state index contributed by atoms with van der Waals surface area (Å²) in [5, 5.41) is 12.0. The number of fused-ring (bicyclic) bond motifs is 1. The van der Waals surface area contributed by atoms with Crippen molar-refractivity contribution in [2.45, 2.75) is 49.2 Å². The molecule has 160 valence electrons. The predicted molar refractivity (Wildman–Crippen MR) is 111 cm³/mol. The lowest BCUT2D eigenvalue weighted by molar-refractivity contribution is -0.151. The number of β-lactam (4-membered cyclic amide) rings is 1. The van der Waals surface area contributed by atoms with Crippen LogP contribution >= 0.6 is 11.8 Å². The molecule has 2 fully saturated rings. The third-order valence-corrected chi connectivity index (χ3v) is 7.08. The SMILES string of the molecule is N[C@H](C(=O)N[C@@H]1C(=O)N2C(C(=O)O)=C(CC3CCCCO3)CS[C@@H]12)c1ccccc1. The van der Waals surface area contributed by atoms with E-state index < -0.39 is 35.2 Å². The third-order valence-electron chi connectivity index (χ3n) is 5.74. The molecular weight excluding hydrogens is 406 g/mol. The molecule has 2 saturated heterocycles. The van der Waals surface area contributed by atoms with Gasteiger partial charge in [-0.25, -0.2) is 4.79 Å². The Morgan fingerprint density at radius 3 is 2.73 bits per heavy atom. The molecule has 9 heteroatoms. The van der Waals surface area contributed by atoms with Gasteiger partial charge in [0.15, 0.2) is 0 Å². The number of carboxylic acid groups (broad SMARTS) is 1. The van der Waals surface area contributed by atoms with Crippen LogP contribution in [0.2, 0.25) is 0 Å². The number of nitrogens with one attached hydrogen (secondary N) is 1. The largest absolute Gasteiger partial charge is 0.477 e. The number of thioether (sulfide) groups is 1. The van der Waals surface area contributed by atoms with Crippen molar-refractivity contribution < 1.29 is 24.2 Å². The van der Waals surface area contributed by atoms with Crippen molar-refractivity contribution in [2.24, 2.45) is 5.73 Å². The Labute approximate surface area is 178 Å². The Morgan fingerprint density at radius 1 is 1.30 bits per heavy atom. The van der Waals surface area contributed by atoms with Gasteiger partial charge in [0.1, 0.15) is 23.2 Å². The fourth-order valence-corrected chi connectivity index (χ4v) is 5.50. The number of carbonyl (C=O) groups is 3. The van der Waals surface area contributed by atoms with E-state index in [0.29, 0.717) is 24.3 Å². The molecule has 3 heterocycles. The first-order chi connectivity index (χ1) is 14.5. The lowest BCUT2D eigenvalue weighted by Crippen LogP contribution is -2.71. The van der Waals surface area contributed by atoms with Crippen LogP contribution in [0.5, 0.6) is 0 Å². The molecule has 0 aromatic heterocycles. The number of benzene rings is 1. The zero-order chi connectivity index (χ0) is 21.3. The summed E-state index contributed by atoms with van der Waals surface area (Å²) in [5.74, 6) is -1.50. The van der Waals surface area contributed by atoms with E-state index in [9.17, 15) is 19.5 Å². The summed E-state index contributed by atoms with van der Waals surface area (Å²) >= 11 is 1.46. The number of carboxylic acids is 1. The first-order valence-corrected chi connectivity index (χ1v) is 11.1. The molecule has 2 amide bonds. The summed E-state index contributed by atoms with van der Waals surface area (Å²) in [5.41, 5.74) is 7.42. The molecule has 8 nitrogen and oxygen atoms in total. The molecule has 3 aliphatic heterocycles. The van der Waals surface area contributed by atoms with E-state index in [1.807, 2.05) is 6.07 Å². The molecule has 1 aromatic carbocycles. The van der Waals surface area contributed by atoms with E-state index in [0.717, 1.165) is 24.8 Å². The fourth-order valence-electron chi connectivity index (χ4n) is 4.14. The van der Waals surface area contributed by atoms with Crippen molar-refractivity contribution in [1.82, 2.24) is 10.2 Å². The summed E-state index contributed by atoms with van der Waals surface area (Å²) in [6, 6.07) is 7.23. The molecular formula is C21H25N3O5S. The van der Waals surface area contributed by atoms with Gasteiger partial charge in [-0.1, -0.05) is 30.3 Å². The molecule has 0 saturated carbocycles. The van der Waals surface area contributed by atoms with Crippen molar-refractivity contribution in [2.75, 3.05) is 12.4 Å². The highest BCUT2D eigenvalue weighted by molar-refractivity contribution is 8.00. The molecule has 0 spiro atoms. The molecule has 3 aliphatic rings. The maximum absolute atomic E-state index is 12.8. The second kappa shape index (κ2) is 8.79. The van der Waals surface area contributed by atoms with Crippen LogP contribution in [0.3, 0.4) is 0 Å². The van der Waals surface area contributed by atoms with E-state index in [4.69, 9.17) is 10.5 Å². The van der Waals surface area contributed by atoms with E-state index in [-0.39, 0.29) is 11.8 Å². The maximum Gasteiger partial charge on any atom is 0.352 e. The van der Waals surface area contributed by atoms with Crippen molar-refractivity contribution in [3.05, 3.63) is 47.2 Å². The molecule has 30 heavy (non-hydrogen) atoms. The van der Waals surface area contributed by atoms with Crippen LogP contribution < -0.4 is 11.1 Å². The summed E-state index contributed by atoms with van der Waals surface area (Å²) in [6.07, 6.45) is 3.50. The smallest absolute Gasteiger partial charge is 0.352 e. The van der Waals surface area contributed by atoms with Gasteiger partial charge in [0.05, 0.1) is 6.10 Å². The minimum Gasteiger partial charge on any atom is -0.477 e. The number of aliphatic carboxylic acids is 1. The van der Waals surface area contributed by atoms with Crippen molar-refractivity contribution in [3.63, 3.8) is 0 Å². The molecule has 0 bridgehead atoms. The second-order valence-electron chi connectivity index (χ2n) is 7.73. The molecule has 0 aliphatic carbocycles. The van der Waals surface area contributed by atoms with Crippen molar-refractivity contribution in [1.29, 1.82) is 0 Å². The van der Waals surface area contributed by atoms with Gasteiger partial charge in [0.25, 0.3) is 5.91 Å². The Morgan fingerprint density at radius 2 is 2.07 bits per heavy atom. The highest BCUT2D eigenvalue weighted by Gasteiger charge is 2.54. The molecule has 0 radical (unpaired) electrons. The predicted octanol–water partition coefficient (Wildman–Crippen LogP) is 1.38. The maximum atomic E-state index is 12.8. The molecule has 4 N–H and O–H groups in total. The minimum atomic E-state index is -1.12. The first-order valence-electron chi connectivity index (χ1n) is 10.1. The van der Waals surface area contributed by atoms with E-state index in [1.165, 1.54) is 16.7 Å². The quantitative estimate of drug-likeness (QED) is 0.582. The van der Waals surface area contributed by atoms with Crippen LogP contribution in [0.15, 0.2) is 41.6 Å². The standard InChI is InChI=1S/C21H25N3O5S/c22-15(12-6-2-1-3-7-12)18(25)23-16-19(26)24-17(21(27)28)13(11-30-20(16)24)10-14-8-4-5-9-29-14/h1-3,6-7,14-16,20H,4-5,8-11,22H2,(H,23,25)(H,27,28)/t14?,15-,16+,20-/m0/s1. The fraction of sp³-hybridized carbons (Fsp3) is 0.476. The van der Waals surface area contributed by atoms with Gasteiger partial charge in [-0.05, 0) is 36.8 Å². The number of rotatable bonds is 6. The molecule has 1 aromatic rings. The van der Waals surface area contributed by atoms with Gasteiger partial charge < -0.3 is 20.9 Å². The lowest BCUT2D eigenvalue weighted by Gasteiger charge is -2.50. The summed E-state index contributed by atoms with van der Waals surface area (Å²) in [6.45, 7) is 0.689. The zero-order valence-electron chi connectivity index (χ0n) is 16.5. The van der Waals surface area contributed by atoms with Gasteiger partial charge in [-0.15, -0.1) is 11.8 Å². The summed E-state index contributed by atoms with van der Waals surface area (Å²) in [4.78, 5) is 38.6. The Hall–Kier alpha value is -2.36. The number of nitrogens with zero attached hydrogens (tertiary/aromatic N) is 1. The Balaban J connectivity index is 1.46. The number of nitrogens with two attached hydrogens (primary N) is 1. The number of hydrogen-bond donors (Lipinski definition) is 3. The number of ether oxygens (including phenoxy) is 1. The Bertz CT molecular complexity index is 869. The van der Waals surface area contributed by atoms with Gasteiger partial charge >= 0.3 is 5.97 Å². The number of hydrogen-bond acceptors (Lipinski definition) is 6. The number of amides is 2. The van der Waals surface area contributed by atoms with Crippen LogP contribution in [0.1, 0.15) is 37.3 Å². The van der Waals surface area contributed by atoms with Gasteiger partial charge in [0, 0.05) is 12.4 Å². The van der Waals surface area contributed by atoms with Crippen molar-refractivity contribution >= 4 is 29.5 Å². The van der Waals surface area contributed by atoms with Crippen LogP contribution in [0, 0.1) is 0 Å². The van der Waals surface area contributed by atoms with Crippen LogP contribution in [-0.4, -0.2) is 57.7 Å². The average molecular weight is 432 g/mol. The molecule has 4 rings (SSSR count). The normalized spacial score (nSPS) is 27.2. The Kier molecular flexibility index (Phi) is 6.12. The highest BCUT2D eigenvalue weighted by atomic mass is 32.2. The minimum absolute atomic E-state index is 0.00370. The zero-order valence-corrected chi connectivity index (χ0v) is 17.3. The first kappa shape index (κ1) is 20.9. The topological polar surface area (TPSA) is 122 Å². The summed E-state index contributed by atoms with van der Waals surface area (Å²) in [7, 11) is 0. The molecule has 4 atom stereocenters. The monoisotopic (exact) mass is 431 g/mol. The summed E-state index contributed by atoms with van der Waals surface area (Å²) < 4.78 is 5.75. The highest BCUT2D eigenvalue weighted by Crippen LogP contribution is 2.42. The van der Waals surface area contributed by atoms with Gasteiger partial charge in [-0.3, -0.25) is 14.5 Å². The van der Waals surface area contributed by atoms with E-state index in [1.54, 1.807) is 24.3 Å². The van der Waals surface area contributed by atoms with Gasteiger partial charge in [-0.2, -0.15) is 0 Å². The number of carbonyl (C=O) groups excluding carboxylic acids is 2. The van der Waals surface area contributed by atoms with Crippen LogP contribution in [-0.2, 0) is 19.1 Å². The van der Waals surface area contributed by atoms with E-state index >= 15 is 0 Å². The third kappa shape index (κ3) is 3.97. The second-order valence-corrected chi connectivity index (χ2v) is 8.84.